The molecule has 0 fully saturated rings. The minimum atomic E-state index is 0.219. The van der Waals surface area contributed by atoms with E-state index in [1.54, 1.807) is 23.5 Å². The minimum Gasteiger partial charge on any atom is -0.506 e. The third kappa shape index (κ3) is 2.02. The summed E-state index contributed by atoms with van der Waals surface area (Å²) < 4.78 is 2.12. The zero-order chi connectivity index (χ0) is 11.5. The lowest BCUT2D eigenvalue weighted by Crippen LogP contribution is -2.14. The standard InChI is InChI=1S/C12H14N2OS/c1-3-14-9(2)8-16-12(14)13-10-6-4-5-7-11(10)15/h4-8,15H,3H2,1-2H3. The zero-order valence-corrected chi connectivity index (χ0v) is 10.2. The summed E-state index contributed by atoms with van der Waals surface area (Å²) in [5, 5.41) is 11.7. The van der Waals surface area contributed by atoms with Crippen molar-refractivity contribution in [2.75, 3.05) is 0 Å². The second-order valence-electron chi connectivity index (χ2n) is 3.50. The molecule has 1 aromatic heterocycles. The van der Waals surface area contributed by atoms with E-state index < -0.39 is 0 Å². The first kappa shape index (κ1) is 11.0. The predicted molar refractivity (Wildman–Crippen MR) is 66.0 cm³/mol. The molecular weight excluding hydrogens is 220 g/mol. The summed E-state index contributed by atoms with van der Waals surface area (Å²) in [7, 11) is 0. The average Bonchev–Trinajstić information content (AvgIpc) is 2.63. The number of para-hydroxylation sites is 2. The number of aromatic hydroxyl groups is 1. The molecule has 1 N–H and O–H groups in total. The Hall–Kier alpha value is -1.55. The second-order valence-corrected chi connectivity index (χ2v) is 4.34. The lowest BCUT2D eigenvalue weighted by atomic mass is 10.3. The van der Waals surface area contributed by atoms with Crippen molar-refractivity contribution in [1.29, 1.82) is 0 Å². The number of benzene rings is 1. The molecule has 0 aliphatic heterocycles. The third-order valence-corrected chi connectivity index (χ3v) is 3.39. The van der Waals surface area contributed by atoms with Gasteiger partial charge in [-0.15, -0.1) is 11.3 Å². The fourth-order valence-electron chi connectivity index (χ4n) is 1.55. The van der Waals surface area contributed by atoms with E-state index >= 15 is 0 Å². The van der Waals surface area contributed by atoms with Crippen LogP contribution in [0.2, 0.25) is 0 Å². The Kier molecular flexibility index (Phi) is 3.10. The van der Waals surface area contributed by atoms with Crippen LogP contribution in [0.1, 0.15) is 12.6 Å². The van der Waals surface area contributed by atoms with Crippen molar-refractivity contribution in [2.24, 2.45) is 4.99 Å². The minimum absolute atomic E-state index is 0.219. The fraction of sp³-hybridized carbons (Fsp3) is 0.250. The molecule has 0 unspecified atom stereocenters. The molecule has 0 amide bonds. The van der Waals surface area contributed by atoms with Gasteiger partial charge in [-0.1, -0.05) is 12.1 Å². The van der Waals surface area contributed by atoms with Crippen LogP contribution in [0, 0.1) is 6.92 Å². The molecule has 1 aromatic carbocycles. The molecule has 0 atom stereocenters. The predicted octanol–water partition coefficient (Wildman–Crippen LogP) is 2.82. The smallest absolute Gasteiger partial charge is 0.190 e. The number of phenolic OH excluding ortho intramolecular Hbond substituents is 1. The van der Waals surface area contributed by atoms with Crippen LogP contribution in [0.3, 0.4) is 0 Å². The van der Waals surface area contributed by atoms with E-state index in [1.807, 2.05) is 12.1 Å². The van der Waals surface area contributed by atoms with Crippen LogP contribution in [0.4, 0.5) is 5.69 Å². The molecule has 3 nitrogen and oxygen atoms in total. The molecule has 2 aromatic rings. The summed E-state index contributed by atoms with van der Waals surface area (Å²) in [4.78, 5) is 5.38. The van der Waals surface area contributed by atoms with Gasteiger partial charge in [0.05, 0.1) is 0 Å². The fourth-order valence-corrected chi connectivity index (χ4v) is 2.50. The van der Waals surface area contributed by atoms with Crippen molar-refractivity contribution in [3.63, 3.8) is 0 Å². The number of rotatable bonds is 2. The maximum Gasteiger partial charge on any atom is 0.190 e. The summed E-state index contributed by atoms with van der Waals surface area (Å²) in [6, 6.07) is 7.12. The number of nitrogens with zero attached hydrogens (tertiary/aromatic N) is 2. The highest BCUT2D eigenvalue weighted by Gasteiger charge is 2.00. The first-order chi connectivity index (χ1) is 7.72. The van der Waals surface area contributed by atoms with Crippen LogP contribution in [-0.2, 0) is 6.54 Å². The molecule has 1 heterocycles. The van der Waals surface area contributed by atoms with Crippen molar-refractivity contribution in [2.45, 2.75) is 20.4 Å². The number of aromatic nitrogens is 1. The van der Waals surface area contributed by atoms with Gasteiger partial charge in [0.25, 0.3) is 0 Å². The van der Waals surface area contributed by atoms with E-state index in [2.05, 4.69) is 28.8 Å². The van der Waals surface area contributed by atoms with Crippen molar-refractivity contribution < 1.29 is 5.11 Å². The number of hydrogen-bond acceptors (Lipinski definition) is 3. The Labute approximate surface area is 98.3 Å². The van der Waals surface area contributed by atoms with Gasteiger partial charge < -0.3 is 9.67 Å². The zero-order valence-electron chi connectivity index (χ0n) is 9.34. The van der Waals surface area contributed by atoms with E-state index in [1.165, 1.54) is 5.69 Å². The average molecular weight is 234 g/mol. The van der Waals surface area contributed by atoms with Crippen LogP contribution < -0.4 is 4.80 Å². The SMILES string of the molecule is CCn1c(C)csc1=Nc1ccccc1O. The summed E-state index contributed by atoms with van der Waals surface area (Å²) in [5.41, 5.74) is 1.81. The van der Waals surface area contributed by atoms with Crippen molar-refractivity contribution in [3.05, 3.63) is 40.1 Å². The highest BCUT2D eigenvalue weighted by molar-refractivity contribution is 7.07. The van der Waals surface area contributed by atoms with E-state index in [4.69, 9.17) is 0 Å². The largest absolute Gasteiger partial charge is 0.506 e. The van der Waals surface area contributed by atoms with Crippen LogP contribution >= 0.6 is 11.3 Å². The summed E-state index contributed by atoms with van der Waals surface area (Å²) in [6.45, 7) is 5.04. The Bertz CT molecular complexity index is 554. The third-order valence-electron chi connectivity index (χ3n) is 2.41. The molecule has 0 saturated carbocycles. The maximum atomic E-state index is 9.64. The molecule has 0 saturated heterocycles. The molecule has 2 rings (SSSR count). The van der Waals surface area contributed by atoms with Crippen molar-refractivity contribution >= 4 is 17.0 Å². The van der Waals surface area contributed by atoms with Gasteiger partial charge in [0.2, 0.25) is 0 Å². The molecule has 0 radical (unpaired) electrons. The van der Waals surface area contributed by atoms with Crippen molar-refractivity contribution in [3.8, 4) is 5.75 Å². The van der Waals surface area contributed by atoms with Gasteiger partial charge in [0.15, 0.2) is 4.80 Å². The Morgan fingerprint density at radius 2 is 2.12 bits per heavy atom. The normalized spacial score (nSPS) is 12.0. The highest BCUT2D eigenvalue weighted by atomic mass is 32.1. The summed E-state index contributed by atoms with van der Waals surface area (Å²) in [5.74, 6) is 0.219. The van der Waals surface area contributed by atoms with Crippen LogP contribution in [-0.4, -0.2) is 9.67 Å². The molecular formula is C12H14N2OS. The van der Waals surface area contributed by atoms with Crippen molar-refractivity contribution in [1.82, 2.24) is 4.57 Å². The number of hydrogen-bond donors (Lipinski definition) is 1. The molecule has 84 valence electrons. The molecule has 16 heavy (non-hydrogen) atoms. The Balaban J connectivity index is 2.56. The van der Waals surface area contributed by atoms with Gasteiger partial charge in [-0.3, -0.25) is 0 Å². The van der Waals surface area contributed by atoms with E-state index in [9.17, 15) is 5.11 Å². The number of aryl methyl sites for hydroxylation is 1. The molecule has 0 bridgehead atoms. The second kappa shape index (κ2) is 4.53. The molecule has 0 aliphatic rings. The van der Waals surface area contributed by atoms with Gasteiger partial charge in [0, 0.05) is 17.6 Å². The maximum absolute atomic E-state index is 9.64. The van der Waals surface area contributed by atoms with Gasteiger partial charge in [-0.25, -0.2) is 4.99 Å². The van der Waals surface area contributed by atoms with E-state index in [0.717, 1.165) is 11.3 Å². The summed E-state index contributed by atoms with van der Waals surface area (Å²) >= 11 is 1.59. The topological polar surface area (TPSA) is 37.5 Å². The number of phenols is 1. The lowest BCUT2D eigenvalue weighted by molar-refractivity contribution is 0.476. The Morgan fingerprint density at radius 1 is 1.38 bits per heavy atom. The number of thiazole rings is 1. The quantitative estimate of drug-likeness (QED) is 0.852. The van der Waals surface area contributed by atoms with E-state index in [0.29, 0.717) is 5.69 Å². The van der Waals surface area contributed by atoms with Crippen LogP contribution in [0.15, 0.2) is 34.6 Å². The molecule has 0 aliphatic carbocycles. The van der Waals surface area contributed by atoms with Gasteiger partial charge >= 0.3 is 0 Å². The lowest BCUT2D eigenvalue weighted by Gasteiger charge is -2.01. The van der Waals surface area contributed by atoms with Crippen LogP contribution in [0.25, 0.3) is 0 Å². The first-order valence-corrected chi connectivity index (χ1v) is 6.08. The summed E-state index contributed by atoms with van der Waals surface area (Å²) in [6.07, 6.45) is 0. The van der Waals surface area contributed by atoms with E-state index in [-0.39, 0.29) is 5.75 Å². The van der Waals surface area contributed by atoms with Gasteiger partial charge in [0.1, 0.15) is 11.4 Å². The van der Waals surface area contributed by atoms with Crippen LogP contribution in [0.5, 0.6) is 5.75 Å². The molecule has 4 heteroatoms. The van der Waals surface area contributed by atoms with Gasteiger partial charge in [-0.05, 0) is 26.0 Å². The highest BCUT2D eigenvalue weighted by Crippen LogP contribution is 2.24. The molecule has 0 spiro atoms. The first-order valence-electron chi connectivity index (χ1n) is 5.20. The Morgan fingerprint density at radius 3 is 2.81 bits per heavy atom. The monoisotopic (exact) mass is 234 g/mol. The van der Waals surface area contributed by atoms with Gasteiger partial charge in [-0.2, -0.15) is 0 Å².